The van der Waals surface area contributed by atoms with Gasteiger partial charge in [-0.05, 0) is 85.9 Å². The van der Waals surface area contributed by atoms with Crippen molar-refractivity contribution in [2.45, 2.75) is 0 Å². The Hall–Kier alpha value is -5.93. The van der Waals surface area contributed by atoms with E-state index in [1.807, 2.05) is 30.5 Å². The summed E-state index contributed by atoms with van der Waals surface area (Å²) in [5.74, 6) is 0. The fourth-order valence-electron chi connectivity index (χ4n) is 6.57. The molecule has 3 nitrogen and oxygen atoms in total. The number of aromatic nitrogens is 1. The monoisotopic (exact) mass is 562 g/mol. The standard InChI is InChI=1S/C41H26N2O/c1-2-8-27(9-3-1)28-14-19-31(20-15-28)43(38-24-25-42-40-36-12-6-7-13-39(36)44-41(38)40)32-21-16-30-18-22-34-33-11-5-4-10-29(33)17-23-35(34)37(30)26-32/h1-26H. The zero-order chi connectivity index (χ0) is 29.0. The molecule has 0 aliphatic carbocycles. The molecule has 0 amide bonds. The van der Waals surface area contributed by atoms with Gasteiger partial charge in [0.2, 0.25) is 0 Å². The Balaban J connectivity index is 1.29. The lowest BCUT2D eigenvalue weighted by Crippen LogP contribution is -2.10. The highest BCUT2D eigenvalue weighted by atomic mass is 16.3. The van der Waals surface area contributed by atoms with Crippen LogP contribution in [0.5, 0.6) is 0 Å². The molecule has 3 heteroatoms. The molecule has 0 saturated carbocycles. The van der Waals surface area contributed by atoms with Crippen molar-refractivity contribution in [2.75, 3.05) is 4.90 Å². The molecule has 0 spiro atoms. The number of hydrogen-bond acceptors (Lipinski definition) is 3. The van der Waals surface area contributed by atoms with E-state index in [1.54, 1.807) is 0 Å². The largest absolute Gasteiger partial charge is 0.452 e. The van der Waals surface area contributed by atoms with E-state index in [9.17, 15) is 0 Å². The predicted octanol–water partition coefficient (Wildman–Crippen LogP) is 11.6. The first-order chi connectivity index (χ1) is 21.8. The first-order valence-electron chi connectivity index (χ1n) is 14.9. The smallest absolute Gasteiger partial charge is 0.177 e. The van der Waals surface area contributed by atoms with Crippen molar-refractivity contribution in [1.82, 2.24) is 4.98 Å². The molecular weight excluding hydrogens is 536 g/mol. The fraction of sp³-hybridized carbons (Fsp3) is 0. The van der Waals surface area contributed by atoms with E-state index >= 15 is 0 Å². The number of benzene rings is 7. The highest BCUT2D eigenvalue weighted by Crippen LogP contribution is 2.43. The molecule has 0 aliphatic rings. The molecule has 2 aromatic heterocycles. The van der Waals surface area contributed by atoms with Gasteiger partial charge in [0.1, 0.15) is 11.1 Å². The number of anilines is 3. The van der Waals surface area contributed by atoms with E-state index in [0.717, 1.165) is 39.1 Å². The van der Waals surface area contributed by atoms with Crippen LogP contribution in [0.2, 0.25) is 0 Å². The van der Waals surface area contributed by atoms with Crippen molar-refractivity contribution in [3.8, 4) is 11.1 Å². The van der Waals surface area contributed by atoms with Gasteiger partial charge < -0.3 is 9.32 Å². The quantitative estimate of drug-likeness (QED) is 0.200. The molecular formula is C41H26N2O. The third-order valence-corrected chi connectivity index (χ3v) is 8.70. The van der Waals surface area contributed by atoms with Crippen LogP contribution in [-0.4, -0.2) is 4.98 Å². The molecule has 0 aliphatic heterocycles. The molecule has 0 saturated heterocycles. The van der Waals surface area contributed by atoms with Crippen molar-refractivity contribution in [1.29, 1.82) is 0 Å². The van der Waals surface area contributed by atoms with E-state index < -0.39 is 0 Å². The summed E-state index contributed by atoms with van der Waals surface area (Å²) in [5.41, 5.74) is 7.88. The van der Waals surface area contributed by atoms with Gasteiger partial charge in [-0.3, -0.25) is 4.98 Å². The highest BCUT2D eigenvalue weighted by molar-refractivity contribution is 6.18. The first-order valence-corrected chi connectivity index (χ1v) is 14.9. The number of hydrogen-bond donors (Lipinski definition) is 0. The van der Waals surface area contributed by atoms with Gasteiger partial charge in [-0.25, -0.2) is 0 Å². The van der Waals surface area contributed by atoms with Crippen LogP contribution in [0.15, 0.2) is 162 Å². The molecule has 0 N–H and O–H groups in total. The zero-order valence-electron chi connectivity index (χ0n) is 23.8. The van der Waals surface area contributed by atoms with Gasteiger partial charge in [-0.1, -0.05) is 109 Å². The van der Waals surface area contributed by atoms with Crippen LogP contribution in [0.1, 0.15) is 0 Å². The van der Waals surface area contributed by atoms with Crippen molar-refractivity contribution in [3.63, 3.8) is 0 Å². The molecule has 0 unspecified atom stereocenters. The van der Waals surface area contributed by atoms with Gasteiger partial charge in [-0.15, -0.1) is 0 Å². The van der Waals surface area contributed by atoms with Gasteiger partial charge in [0.15, 0.2) is 5.58 Å². The average Bonchev–Trinajstić information content (AvgIpc) is 3.48. The van der Waals surface area contributed by atoms with E-state index in [1.165, 1.54) is 43.4 Å². The van der Waals surface area contributed by atoms with Crippen molar-refractivity contribution >= 4 is 71.4 Å². The summed E-state index contributed by atoms with van der Waals surface area (Å²) in [6.07, 6.45) is 1.88. The van der Waals surface area contributed by atoms with Crippen LogP contribution in [0.3, 0.4) is 0 Å². The number of rotatable bonds is 4. The Morgan fingerprint density at radius 2 is 1.09 bits per heavy atom. The Bertz CT molecular complexity index is 2490. The van der Waals surface area contributed by atoms with E-state index in [4.69, 9.17) is 9.40 Å². The molecule has 0 fully saturated rings. The SMILES string of the molecule is c1ccc(-c2ccc(N(c3ccc4ccc5c6ccccc6ccc5c4c3)c3ccnc4c3oc3ccccc34)cc2)cc1. The molecule has 44 heavy (non-hydrogen) atoms. The second-order valence-electron chi connectivity index (χ2n) is 11.2. The Kier molecular flexibility index (Phi) is 5.50. The number of pyridine rings is 1. The molecule has 7 aromatic carbocycles. The molecule has 9 rings (SSSR count). The zero-order valence-corrected chi connectivity index (χ0v) is 23.8. The lowest BCUT2D eigenvalue weighted by molar-refractivity contribution is 0.668. The van der Waals surface area contributed by atoms with Crippen molar-refractivity contribution < 1.29 is 4.42 Å². The van der Waals surface area contributed by atoms with Gasteiger partial charge >= 0.3 is 0 Å². The van der Waals surface area contributed by atoms with Gasteiger partial charge in [-0.2, -0.15) is 0 Å². The second-order valence-corrected chi connectivity index (χ2v) is 11.2. The summed E-state index contributed by atoms with van der Waals surface area (Å²) < 4.78 is 6.50. The minimum Gasteiger partial charge on any atom is -0.452 e. The minimum absolute atomic E-state index is 0.768. The number of furan rings is 1. The maximum atomic E-state index is 6.50. The Morgan fingerprint density at radius 1 is 0.455 bits per heavy atom. The van der Waals surface area contributed by atoms with E-state index in [2.05, 4.69) is 132 Å². The number of nitrogens with zero attached hydrogens (tertiary/aromatic N) is 2. The third-order valence-electron chi connectivity index (χ3n) is 8.70. The fourth-order valence-corrected chi connectivity index (χ4v) is 6.57. The van der Waals surface area contributed by atoms with Crippen LogP contribution in [-0.2, 0) is 0 Å². The van der Waals surface area contributed by atoms with Crippen LogP contribution >= 0.6 is 0 Å². The third kappa shape index (κ3) is 3.87. The normalized spacial score (nSPS) is 11.6. The van der Waals surface area contributed by atoms with Gasteiger partial charge in [0.25, 0.3) is 0 Å². The summed E-state index contributed by atoms with van der Waals surface area (Å²) in [4.78, 5) is 7.05. The highest BCUT2D eigenvalue weighted by Gasteiger charge is 2.20. The predicted molar refractivity (Wildman–Crippen MR) is 184 cm³/mol. The minimum atomic E-state index is 0.768. The molecule has 0 radical (unpaired) electrons. The summed E-state index contributed by atoms with van der Waals surface area (Å²) in [5, 5.41) is 8.45. The van der Waals surface area contributed by atoms with Gasteiger partial charge in [0.05, 0.1) is 5.69 Å². The van der Waals surface area contributed by atoms with E-state index in [-0.39, 0.29) is 0 Å². The summed E-state index contributed by atoms with van der Waals surface area (Å²) >= 11 is 0. The Morgan fingerprint density at radius 3 is 1.93 bits per heavy atom. The number of fused-ring (bicyclic) bond motifs is 8. The van der Waals surface area contributed by atoms with Crippen molar-refractivity contribution in [2.24, 2.45) is 0 Å². The topological polar surface area (TPSA) is 29.3 Å². The molecule has 0 bridgehead atoms. The lowest BCUT2D eigenvalue weighted by Gasteiger charge is -2.26. The summed E-state index contributed by atoms with van der Waals surface area (Å²) in [7, 11) is 0. The number of para-hydroxylation sites is 1. The van der Waals surface area contributed by atoms with Crippen LogP contribution in [0.4, 0.5) is 17.1 Å². The average molecular weight is 563 g/mol. The summed E-state index contributed by atoms with van der Waals surface area (Å²) in [6.45, 7) is 0. The molecule has 9 aromatic rings. The van der Waals surface area contributed by atoms with E-state index in [0.29, 0.717) is 0 Å². The van der Waals surface area contributed by atoms with Gasteiger partial charge in [0, 0.05) is 23.0 Å². The van der Waals surface area contributed by atoms with Crippen LogP contribution < -0.4 is 4.90 Å². The lowest BCUT2D eigenvalue weighted by atomic mass is 9.96. The Labute approximate surface area is 254 Å². The second kappa shape index (κ2) is 9.82. The maximum Gasteiger partial charge on any atom is 0.177 e. The summed E-state index contributed by atoms with van der Waals surface area (Å²) in [6, 6.07) is 53.7. The van der Waals surface area contributed by atoms with Crippen LogP contribution in [0.25, 0.3) is 65.5 Å². The molecule has 0 atom stereocenters. The van der Waals surface area contributed by atoms with Crippen LogP contribution in [0, 0.1) is 0 Å². The maximum absolute atomic E-state index is 6.50. The molecule has 206 valence electrons. The molecule has 2 heterocycles. The first kappa shape index (κ1) is 24.6. The van der Waals surface area contributed by atoms with Crippen molar-refractivity contribution in [3.05, 3.63) is 158 Å².